The SMILES string of the molecule is CC(C)=CC(=O)c1cnccc1C. The molecule has 68 valence electrons. The lowest BCUT2D eigenvalue weighted by Crippen LogP contribution is -1.98. The maximum atomic E-state index is 11.6. The van der Waals surface area contributed by atoms with Crippen LogP contribution in [0.4, 0.5) is 0 Å². The van der Waals surface area contributed by atoms with Crippen LogP contribution in [0.5, 0.6) is 0 Å². The molecule has 0 aliphatic carbocycles. The number of pyridine rings is 1. The fourth-order valence-electron chi connectivity index (χ4n) is 1.06. The molecular weight excluding hydrogens is 162 g/mol. The van der Waals surface area contributed by atoms with E-state index < -0.39 is 0 Å². The van der Waals surface area contributed by atoms with Crippen molar-refractivity contribution in [1.82, 2.24) is 4.98 Å². The summed E-state index contributed by atoms with van der Waals surface area (Å²) in [6, 6.07) is 1.84. The molecule has 2 nitrogen and oxygen atoms in total. The average molecular weight is 175 g/mol. The van der Waals surface area contributed by atoms with Crippen molar-refractivity contribution >= 4 is 5.78 Å². The van der Waals surface area contributed by atoms with E-state index in [0.717, 1.165) is 11.1 Å². The third-order valence-corrected chi connectivity index (χ3v) is 1.72. The van der Waals surface area contributed by atoms with E-state index in [1.807, 2.05) is 26.8 Å². The third kappa shape index (κ3) is 2.51. The highest BCUT2D eigenvalue weighted by atomic mass is 16.1. The van der Waals surface area contributed by atoms with Crippen LogP contribution in [0.1, 0.15) is 29.8 Å². The normalized spacial score (nSPS) is 9.46. The summed E-state index contributed by atoms with van der Waals surface area (Å²) >= 11 is 0. The summed E-state index contributed by atoms with van der Waals surface area (Å²) in [5.41, 5.74) is 2.66. The van der Waals surface area contributed by atoms with Gasteiger partial charge in [-0.1, -0.05) is 5.57 Å². The Morgan fingerprint density at radius 1 is 1.46 bits per heavy atom. The van der Waals surface area contributed by atoms with E-state index in [2.05, 4.69) is 4.98 Å². The van der Waals surface area contributed by atoms with Crippen molar-refractivity contribution in [3.05, 3.63) is 41.2 Å². The molecule has 13 heavy (non-hydrogen) atoms. The van der Waals surface area contributed by atoms with Crippen LogP contribution in [-0.4, -0.2) is 10.8 Å². The van der Waals surface area contributed by atoms with Gasteiger partial charge in [0.1, 0.15) is 0 Å². The molecule has 1 aromatic rings. The Hall–Kier alpha value is -1.44. The van der Waals surface area contributed by atoms with E-state index in [1.54, 1.807) is 18.5 Å². The minimum absolute atomic E-state index is 0.0330. The van der Waals surface area contributed by atoms with Crippen LogP contribution in [0.3, 0.4) is 0 Å². The third-order valence-electron chi connectivity index (χ3n) is 1.72. The van der Waals surface area contributed by atoms with E-state index in [1.165, 1.54) is 0 Å². The standard InChI is InChI=1S/C11H13NO/c1-8(2)6-11(13)10-7-12-5-4-9(10)3/h4-7H,1-3H3. The van der Waals surface area contributed by atoms with Crippen molar-refractivity contribution in [2.45, 2.75) is 20.8 Å². The number of aryl methyl sites for hydroxylation is 1. The fraction of sp³-hybridized carbons (Fsp3) is 0.273. The highest BCUT2D eigenvalue weighted by Crippen LogP contribution is 2.07. The molecule has 0 spiro atoms. The van der Waals surface area contributed by atoms with Gasteiger partial charge in [-0.05, 0) is 38.5 Å². The first kappa shape index (κ1) is 9.65. The number of carbonyl (C=O) groups is 1. The molecule has 2 heteroatoms. The molecule has 0 radical (unpaired) electrons. The highest BCUT2D eigenvalue weighted by Gasteiger charge is 2.04. The minimum atomic E-state index is 0.0330. The highest BCUT2D eigenvalue weighted by molar-refractivity contribution is 6.05. The Balaban J connectivity index is 3.03. The molecule has 1 rings (SSSR count). The second-order valence-corrected chi connectivity index (χ2v) is 3.28. The summed E-state index contributed by atoms with van der Waals surface area (Å²) in [6.07, 6.45) is 4.93. The average Bonchev–Trinajstić information content (AvgIpc) is 2.03. The summed E-state index contributed by atoms with van der Waals surface area (Å²) in [5, 5.41) is 0. The quantitative estimate of drug-likeness (QED) is 0.510. The van der Waals surface area contributed by atoms with Crippen molar-refractivity contribution in [2.75, 3.05) is 0 Å². The van der Waals surface area contributed by atoms with Crippen LogP contribution in [0.2, 0.25) is 0 Å². The lowest BCUT2D eigenvalue weighted by molar-refractivity contribution is 0.104. The van der Waals surface area contributed by atoms with Crippen LogP contribution in [0, 0.1) is 6.92 Å². The molecule has 0 N–H and O–H groups in total. The molecule has 0 aromatic carbocycles. The Kier molecular flexibility index (Phi) is 2.96. The first-order valence-corrected chi connectivity index (χ1v) is 4.21. The molecule has 0 saturated carbocycles. The molecular formula is C11H13NO. The van der Waals surface area contributed by atoms with E-state index in [-0.39, 0.29) is 5.78 Å². The number of carbonyl (C=O) groups excluding carboxylic acids is 1. The molecule has 0 fully saturated rings. The Bertz CT molecular complexity index is 349. The van der Waals surface area contributed by atoms with Crippen LogP contribution < -0.4 is 0 Å². The summed E-state index contributed by atoms with van der Waals surface area (Å²) < 4.78 is 0. The second-order valence-electron chi connectivity index (χ2n) is 3.28. The maximum absolute atomic E-state index is 11.6. The van der Waals surface area contributed by atoms with Crippen LogP contribution in [0.25, 0.3) is 0 Å². The van der Waals surface area contributed by atoms with Gasteiger partial charge in [0.2, 0.25) is 0 Å². The summed E-state index contributed by atoms with van der Waals surface area (Å²) in [5.74, 6) is 0.0330. The summed E-state index contributed by atoms with van der Waals surface area (Å²) in [7, 11) is 0. The fourth-order valence-corrected chi connectivity index (χ4v) is 1.06. The van der Waals surface area contributed by atoms with E-state index in [4.69, 9.17) is 0 Å². The summed E-state index contributed by atoms with van der Waals surface area (Å²) in [4.78, 5) is 15.5. The zero-order chi connectivity index (χ0) is 9.84. The van der Waals surface area contributed by atoms with Gasteiger partial charge in [-0.15, -0.1) is 0 Å². The summed E-state index contributed by atoms with van der Waals surface area (Å²) in [6.45, 7) is 5.72. The van der Waals surface area contributed by atoms with Crippen LogP contribution in [-0.2, 0) is 0 Å². The lowest BCUT2D eigenvalue weighted by atomic mass is 10.1. The first-order valence-electron chi connectivity index (χ1n) is 4.21. The molecule has 1 aromatic heterocycles. The maximum Gasteiger partial charge on any atom is 0.187 e. The van der Waals surface area contributed by atoms with Gasteiger partial charge in [0.05, 0.1) is 0 Å². The van der Waals surface area contributed by atoms with Crippen molar-refractivity contribution in [2.24, 2.45) is 0 Å². The molecule has 0 unspecified atom stereocenters. The number of ketones is 1. The van der Waals surface area contributed by atoms with E-state index >= 15 is 0 Å². The van der Waals surface area contributed by atoms with Gasteiger partial charge in [0.15, 0.2) is 5.78 Å². The van der Waals surface area contributed by atoms with Gasteiger partial charge in [-0.2, -0.15) is 0 Å². The number of rotatable bonds is 2. The van der Waals surface area contributed by atoms with Gasteiger partial charge < -0.3 is 0 Å². The van der Waals surface area contributed by atoms with Crippen molar-refractivity contribution in [3.8, 4) is 0 Å². The second kappa shape index (κ2) is 3.99. The van der Waals surface area contributed by atoms with Gasteiger partial charge in [0, 0.05) is 18.0 Å². The van der Waals surface area contributed by atoms with E-state index in [9.17, 15) is 4.79 Å². The number of hydrogen-bond donors (Lipinski definition) is 0. The van der Waals surface area contributed by atoms with Gasteiger partial charge >= 0.3 is 0 Å². The predicted octanol–water partition coefficient (Wildman–Crippen LogP) is 2.54. The van der Waals surface area contributed by atoms with Gasteiger partial charge in [-0.3, -0.25) is 9.78 Å². The molecule has 0 saturated heterocycles. The minimum Gasteiger partial charge on any atom is -0.289 e. The largest absolute Gasteiger partial charge is 0.289 e. The molecule has 1 heterocycles. The molecule has 0 aliphatic heterocycles. The number of aromatic nitrogens is 1. The van der Waals surface area contributed by atoms with Gasteiger partial charge in [0.25, 0.3) is 0 Å². The first-order chi connectivity index (χ1) is 6.11. The Labute approximate surface area is 78.3 Å². The zero-order valence-electron chi connectivity index (χ0n) is 8.16. The number of allylic oxidation sites excluding steroid dienone is 2. The Morgan fingerprint density at radius 2 is 2.15 bits per heavy atom. The van der Waals surface area contributed by atoms with Crippen molar-refractivity contribution < 1.29 is 4.79 Å². The predicted molar refractivity (Wildman–Crippen MR) is 52.7 cm³/mol. The molecule has 0 amide bonds. The van der Waals surface area contributed by atoms with Crippen molar-refractivity contribution in [1.29, 1.82) is 0 Å². The van der Waals surface area contributed by atoms with Crippen LogP contribution in [0.15, 0.2) is 30.1 Å². The number of hydrogen-bond acceptors (Lipinski definition) is 2. The smallest absolute Gasteiger partial charge is 0.187 e. The van der Waals surface area contributed by atoms with Crippen LogP contribution >= 0.6 is 0 Å². The monoisotopic (exact) mass is 175 g/mol. The lowest BCUT2D eigenvalue weighted by Gasteiger charge is -1.99. The Morgan fingerprint density at radius 3 is 2.69 bits per heavy atom. The van der Waals surface area contributed by atoms with Gasteiger partial charge in [-0.25, -0.2) is 0 Å². The van der Waals surface area contributed by atoms with Crippen molar-refractivity contribution in [3.63, 3.8) is 0 Å². The number of nitrogens with zero attached hydrogens (tertiary/aromatic N) is 1. The molecule has 0 aliphatic rings. The topological polar surface area (TPSA) is 30.0 Å². The zero-order valence-corrected chi connectivity index (χ0v) is 8.16. The van der Waals surface area contributed by atoms with E-state index in [0.29, 0.717) is 5.56 Å². The molecule has 0 atom stereocenters. The molecule has 0 bridgehead atoms.